The van der Waals surface area contributed by atoms with Crippen molar-refractivity contribution in [2.75, 3.05) is 0 Å². The summed E-state index contributed by atoms with van der Waals surface area (Å²) in [5, 5.41) is 2.13. The molecule has 0 aliphatic heterocycles. The number of pyridine rings is 3. The number of aromatic nitrogens is 3. The van der Waals surface area contributed by atoms with E-state index in [1.807, 2.05) is 24.3 Å². The Morgan fingerprint density at radius 1 is 0.667 bits per heavy atom. The maximum absolute atomic E-state index is 12.8. The first-order valence-electron chi connectivity index (χ1n) is 7.57. The van der Waals surface area contributed by atoms with Crippen LogP contribution in [0.4, 0.5) is 0 Å². The standard InChI is InChI=1S/C19H11N3O2/c23-18-10-3-1-2-4-14(10)21-16-8-17-12(7-11(16)18)19(24)13-9-20-6-5-15(13)22-17/h1-9H,(H,21,23)(H,22,24). The molecule has 2 N–H and O–H groups in total. The first-order valence-corrected chi connectivity index (χ1v) is 7.57. The van der Waals surface area contributed by atoms with Crippen molar-refractivity contribution in [3.63, 3.8) is 0 Å². The number of para-hydroxylation sites is 1. The third-order valence-electron chi connectivity index (χ3n) is 4.42. The Hall–Kier alpha value is -3.47. The van der Waals surface area contributed by atoms with E-state index in [4.69, 9.17) is 0 Å². The van der Waals surface area contributed by atoms with Crippen molar-refractivity contribution in [1.82, 2.24) is 15.0 Å². The first-order chi connectivity index (χ1) is 11.7. The minimum atomic E-state index is -0.124. The van der Waals surface area contributed by atoms with Crippen LogP contribution < -0.4 is 10.9 Å². The largest absolute Gasteiger partial charge is 0.354 e. The SMILES string of the molecule is O=c1c2ccccc2[nH]c2cc3[nH]c4ccncc4c(=O)c3cc12. The van der Waals surface area contributed by atoms with E-state index in [-0.39, 0.29) is 10.9 Å². The highest BCUT2D eigenvalue weighted by atomic mass is 16.1. The molecule has 5 aromatic rings. The molecule has 24 heavy (non-hydrogen) atoms. The molecule has 0 amide bonds. The molecule has 3 heterocycles. The molecule has 3 aromatic heterocycles. The van der Waals surface area contributed by atoms with E-state index in [0.717, 1.165) is 11.0 Å². The van der Waals surface area contributed by atoms with E-state index in [2.05, 4.69) is 15.0 Å². The summed E-state index contributed by atoms with van der Waals surface area (Å²) in [6, 6.07) is 12.6. The fourth-order valence-electron chi connectivity index (χ4n) is 3.24. The highest BCUT2D eigenvalue weighted by Gasteiger charge is 2.10. The molecule has 2 aromatic carbocycles. The normalized spacial score (nSPS) is 11.7. The second-order valence-corrected chi connectivity index (χ2v) is 5.82. The lowest BCUT2D eigenvalue weighted by Crippen LogP contribution is -2.08. The molecule has 0 unspecified atom stereocenters. The number of nitrogens with one attached hydrogen (secondary N) is 2. The molecular formula is C19H11N3O2. The van der Waals surface area contributed by atoms with Gasteiger partial charge in [0.1, 0.15) is 0 Å². The van der Waals surface area contributed by atoms with Gasteiger partial charge in [0, 0.05) is 34.1 Å². The van der Waals surface area contributed by atoms with Crippen LogP contribution in [0.25, 0.3) is 43.6 Å². The maximum Gasteiger partial charge on any atom is 0.198 e. The third-order valence-corrected chi connectivity index (χ3v) is 4.42. The zero-order valence-corrected chi connectivity index (χ0v) is 12.5. The van der Waals surface area contributed by atoms with E-state index in [9.17, 15) is 9.59 Å². The summed E-state index contributed by atoms with van der Waals surface area (Å²) in [6.07, 6.45) is 3.18. The monoisotopic (exact) mass is 313 g/mol. The molecular weight excluding hydrogens is 302 g/mol. The van der Waals surface area contributed by atoms with Crippen LogP contribution >= 0.6 is 0 Å². The van der Waals surface area contributed by atoms with Gasteiger partial charge in [-0.1, -0.05) is 12.1 Å². The number of fused-ring (bicyclic) bond motifs is 4. The van der Waals surface area contributed by atoms with Gasteiger partial charge in [-0.3, -0.25) is 14.6 Å². The van der Waals surface area contributed by atoms with Crippen LogP contribution in [-0.4, -0.2) is 15.0 Å². The molecule has 0 radical (unpaired) electrons. The predicted molar refractivity (Wildman–Crippen MR) is 95.5 cm³/mol. The van der Waals surface area contributed by atoms with Gasteiger partial charge in [0.15, 0.2) is 10.9 Å². The van der Waals surface area contributed by atoms with Crippen LogP contribution in [0.15, 0.2) is 64.4 Å². The van der Waals surface area contributed by atoms with Crippen LogP contribution in [0.3, 0.4) is 0 Å². The van der Waals surface area contributed by atoms with E-state index >= 15 is 0 Å². The zero-order valence-electron chi connectivity index (χ0n) is 12.5. The molecule has 0 saturated carbocycles. The van der Waals surface area contributed by atoms with E-state index in [1.54, 1.807) is 30.6 Å². The molecule has 0 atom stereocenters. The predicted octanol–water partition coefficient (Wildman–Crippen LogP) is 3.07. The van der Waals surface area contributed by atoms with Crippen molar-refractivity contribution in [2.45, 2.75) is 0 Å². The van der Waals surface area contributed by atoms with Gasteiger partial charge in [-0.05, 0) is 30.3 Å². The Kier molecular flexibility index (Phi) is 2.45. The molecule has 0 aliphatic rings. The molecule has 5 heteroatoms. The van der Waals surface area contributed by atoms with Gasteiger partial charge in [-0.25, -0.2) is 0 Å². The lowest BCUT2D eigenvalue weighted by atomic mass is 10.1. The average Bonchev–Trinajstić information content (AvgIpc) is 2.61. The summed E-state index contributed by atoms with van der Waals surface area (Å²) in [7, 11) is 0. The Morgan fingerprint density at radius 3 is 2.12 bits per heavy atom. The lowest BCUT2D eigenvalue weighted by Gasteiger charge is -2.06. The molecule has 0 bridgehead atoms. The number of aromatic amines is 2. The molecule has 5 nitrogen and oxygen atoms in total. The van der Waals surface area contributed by atoms with Crippen molar-refractivity contribution in [3.05, 3.63) is 75.3 Å². The molecule has 114 valence electrons. The first kappa shape index (κ1) is 13.0. The van der Waals surface area contributed by atoms with Crippen LogP contribution in [0.2, 0.25) is 0 Å². The maximum atomic E-state index is 12.8. The number of nitrogens with zero attached hydrogens (tertiary/aromatic N) is 1. The molecule has 0 spiro atoms. The number of hydrogen-bond donors (Lipinski definition) is 2. The Labute approximate surface area is 134 Å². The Bertz CT molecular complexity index is 1290. The summed E-state index contributed by atoms with van der Waals surface area (Å²) in [5.41, 5.74) is 2.70. The van der Waals surface area contributed by atoms with Gasteiger partial charge in [-0.15, -0.1) is 0 Å². The van der Waals surface area contributed by atoms with Crippen molar-refractivity contribution < 1.29 is 0 Å². The van der Waals surface area contributed by atoms with Gasteiger partial charge in [0.05, 0.1) is 21.9 Å². The van der Waals surface area contributed by atoms with E-state index in [1.165, 1.54) is 0 Å². The van der Waals surface area contributed by atoms with E-state index in [0.29, 0.717) is 32.6 Å². The molecule has 0 aliphatic carbocycles. The summed E-state index contributed by atoms with van der Waals surface area (Å²) in [5.74, 6) is 0. The highest BCUT2D eigenvalue weighted by molar-refractivity contribution is 6.02. The molecule has 0 saturated heterocycles. The average molecular weight is 313 g/mol. The third kappa shape index (κ3) is 1.66. The van der Waals surface area contributed by atoms with Crippen LogP contribution in [-0.2, 0) is 0 Å². The fraction of sp³-hybridized carbons (Fsp3) is 0. The minimum Gasteiger partial charge on any atom is -0.354 e. The van der Waals surface area contributed by atoms with Gasteiger partial charge in [-0.2, -0.15) is 0 Å². The molecule has 0 fully saturated rings. The Morgan fingerprint density at radius 2 is 1.33 bits per heavy atom. The second kappa shape index (κ2) is 4.52. The number of benzene rings is 2. The van der Waals surface area contributed by atoms with Crippen LogP contribution in [0, 0.1) is 0 Å². The van der Waals surface area contributed by atoms with Crippen LogP contribution in [0.1, 0.15) is 0 Å². The van der Waals surface area contributed by atoms with Gasteiger partial charge in [0.25, 0.3) is 0 Å². The van der Waals surface area contributed by atoms with E-state index < -0.39 is 0 Å². The summed E-state index contributed by atoms with van der Waals surface area (Å²) in [4.78, 5) is 36.0. The van der Waals surface area contributed by atoms with Crippen molar-refractivity contribution in [3.8, 4) is 0 Å². The summed E-state index contributed by atoms with van der Waals surface area (Å²) in [6.45, 7) is 0. The second-order valence-electron chi connectivity index (χ2n) is 5.82. The topological polar surface area (TPSA) is 78.6 Å². The molecule has 5 rings (SSSR count). The number of H-pyrrole nitrogens is 2. The summed E-state index contributed by atoms with van der Waals surface area (Å²) >= 11 is 0. The minimum absolute atomic E-state index is 0.0769. The van der Waals surface area contributed by atoms with Crippen molar-refractivity contribution in [2.24, 2.45) is 0 Å². The van der Waals surface area contributed by atoms with Gasteiger partial charge >= 0.3 is 0 Å². The smallest absolute Gasteiger partial charge is 0.198 e. The van der Waals surface area contributed by atoms with Crippen LogP contribution in [0.5, 0.6) is 0 Å². The van der Waals surface area contributed by atoms with Gasteiger partial charge in [0.2, 0.25) is 0 Å². The lowest BCUT2D eigenvalue weighted by molar-refractivity contribution is 1.34. The number of rotatable bonds is 0. The summed E-state index contributed by atoms with van der Waals surface area (Å²) < 4.78 is 0. The quantitative estimate of drug-likeness (QED) is 0.431. The highest BCUT2D eigenvalue weighted by Crippen LogP contribution is 2.20. The van der Waals surface area contributed by atoms with Gasteiger partial charge < -0.3 is 9.97 Å². The van der Waals surface area contributed by atoms with Crippen molar-refractivity contribution >= 4 is 43.6 Å². The van der Waals surface area contributed by atoms with Crippen molar-refractivity contribution in [1.29, 1.82) is 0 Å². The zero-order chi connectivity index (χ0) is 16.3. The fourth-order valence-corrected chi connectivity index (χ4v) is 3.24. The Balaban J connectivity index is 2.05. The number of hydrogen-bond acceptors (Lipinski definition) is 3.